The van der Waals surface area contributed by atoms with Crippen molar-refractivity contribution in [2.45, 2.75) is 51.6 Å². The normalized spacial score (nSPS) is 14.3. The number of unbranched alkanes of at least 4 members (excludes halogenated alkanes) is 1. The van der Waals surface area contributed by atoms with E-state index in [-0.39, 0.29) is 0 Å². The first-order valence-corrected chi connectivity index (χ1v) is 7.02. The summed E-state index contributed by atoms with van der Waals surface area (Å²) in [6.45, 7) is 5.25. The minimum absolute atomic E-state index is 0.608. The SMILES string of the molecule is CCCNC(C)(CCCCn1cc(Cl)cn1)C(=O)O. The minimum atomic E-state index is -0.836. The molecule has 1 heterocycles. The summed E-state index contributed by atoms with van der Waals surface area (Å²) in [6.07, 6.45) is 6.62. The van der Waals surface area contributed by atoms with Crippen LogP contribution >= 0.6 is 11.6 Å². The van der Waals surface area contributed by atoms with Crippen molar-refractivity contribution in [1.82, 2.24) is 15.1 Å². The standard InChI is InChI=1S/C13H22ClN3O2/c1-3-7-15-13(2,12(18)19)6-4-5-8-17-10-11(14)9-16-17/h9-10,15H,3-8H2,1-2H3,(H,18,19). The van der Waals surface area contributed by atoms with Crippen LogP contribution in [0.25, 0.3) is 0 Å². The number of aliphatic carboxylic acids is 1. The highest BCUT2D eigenvalue weighted by Gasteiger charge is 2.31. The molecular weight excluding hydrogens is 266 g/mol. The summed E-state index contributed by atoms with van der Waals surface area (Å²) >= 11 is 5.77. The number of nitrogens with zero attached hydrogens (tertiary/aromatic N) is 2. The Bertz CT molecular complexity index is 408. The van der Waals surface area contributed by atoms with E-state index >= 15 is 0 Å². The van der Waals surface area contributed by atoms with Crippen molar-refractivity contribution in [3.05, 3.63) is 17.4 Å². The number of nitrogens with one attached hydrogen (secondary N) is 1. The Kier molecular flexibility index (Phi) is 6.31. The second-order valence-corrected chi connectivity index (χ2v) is 5.38. The van der Waals surface area contributed by atoms with Gasteiger partial charge in [-0.1, -0.05) is 18.5 Å². The average Bonchev–Trinajstić information content (AvgIpc) is 2.78. The molecule has 2 N–H and O–H groups in total. The van der Waals surface area contributed by atoms with Crippen molar-refractivity contribution < 1.29 is 9.90 Å². The number of aromatic nitrogens is 2. The van der Waals surface area contributed by atoms with E-state index in [1.54, 1.807) is 24.0 Å². The lowest BCUT2D eigenvalue weighted by Crippen LogP contribution is -2.49. The van der Waals surface area contributed by atoms with Gasteiger partial charge in [-0.05, 0) is 39.2 Å². The maximum absolute atomic E-state index is 11.3. The molecule has 0 aliphatic carbocycles. The molecule has 1 rings (SSSR count). The Hall–Kier alpha value is -1.07. The maximum atomic E-state index is 11.3. The second-order valence-electron chi connectivity index (χ2n) is 4.94. The first-order valence-electron chi connectivity index (χ1n) is 6.64. The van der Waals surface area contributed by atoms with Gasteiger partial charge in [0.25, 0.3) is 0 Å². The van der Waals surface area contributed by atoms with Crippen LogP contribution in [0.5, 0.6) is 0 Å². The molecule has 19 heavy (non-hydrogen) atoms. The van der Waals surface area contributed by atoms with Crippen molar-refractivity contribution in [2.24, 2.45) is 0 Å². The molecule has 6 heteroatoms. The van der Waals surface area contributed by atoms with E-state index in [0.29, 0.717) is 11.4 Å². The third-order valence-electron chi connectivity index (χ3n) is 3.15. The van der Waals surface area contributed by atoms with Crippen LogP contribution in [0.1, 0.15) is 39.5 Å². The van der Waals surface area contributed by atoms with Gasteiger partial charge in [-0.3, -0.25) is 9.48 Å². The third-order valence-corrected chi connectivity index (χ3v) is 3.35. The fourth-order valence-electron chi connectivity index (χ4n) is 1.88. The molecule has 0 bridgehead atoms. The van der Waals surface area contributed by atoms with Crippen molar-refractivity contribution >= 4 is 17.6 Å². The van der Waals surface area contributed by atoms with Crippen LogP contribution in [-0.4, -0.2) is 32.9 Å². The van der Waals surface area contributed by atoms with Crippen molar-refractivity contribution in [1.29, 1.82) is 0 Å². The van der Waals surface area contributed by atoms with Crippen LogP contribution in [0.3, 0.4) is 0 Å². The number of hydrogen-bond donors (Lipinski definition) is 2. The molecule has 0 radical (unpaired) electrons. The zero-order valence-electron chi connectivity index (χ0n) is 11.5. The van der Waals surface area contributed by atoms with E-state index < -0.39 is 11.5 Å². The van der Waals surface area contributed by atoms with Gasteiger partial charge in [-0.2, -0.15) is 5.10 Å². The van der Waals surface area contributed by atoms with Crippen molar-refractivity contribution in [3.8, 4) is 0 Å². The lowest BCUT2D eigenvalue weighted by Gasteiger charge is -2.26. The summed E-state index contributed by atoms with van der Waals surface area (Å²) in [5.41, 5.74) is -0.836. The van der Waals surface area contributed by atoms with Crippen LogP contribution in [0.2, 0.25) is 5.02 Å². The highest BCUT2D eigenvalue weighted by atomic mass is 35.5. The molecule has 1 aromatic heterocycles. The minimum Gasteiger partial charge on any atom is -0.480 e. The first kappa shape index (κ1) is 16.0. The number of aryl methyl sites for hydroxylation is 1. The fraction of sp³-hybridized carbons (Fsp3) is 0.692. The Morgan fingerprint density at radius 1 is 1.58 bits per heavy atom. The van der Waals surface area contributed by atoms with Gasteiger partial charge in [-0.25, -0.2) is 0 Å². The van der Waals surface area contributed by atoms with E-state index in [2.05, 4.69) is 10.4 Å². The second kappa shape index (κ2) is 7.50. The number of halogens is 1. The Labute approximate surface area is 118 Å². The number of carbonyl (C=O) groups is 1. The molecule has 0 spiro atoms. The smallest absolute Gasteiger partial charge is 0.323 e. The monoisotopic (exact) mass is 287 g/mol. The van der Waals surface area contributed by atoms with Crippen LogP contribution in [-0.2, 0) is 11.3 Å². The quantitative estimate of drug-likeness (QED) is 0.685. The summed E-state index contributed by atoms with van der Waals surface area (Å²) < 4.78 is 1.78. The molecule has 0 aliphatic heterocycles. The highest BCUT2D eigenvalue weighted by Crippen LogP contribution is 2.15. The van der Waals surface area contributed by atoms with E-state index in [1.807, 2.05) is 6.92 Å². The molecule has 0 saturated carbocycles. The van der Waals surface area contributed by atoms with Gasteiger partial charge < -0.3 is 10.4 Å². The number of carboxylic acid groups (broad SMARTS) is 1. The zero-order valence-corrected chi connectivity index (χ0v) is 12.3. The van der Waals surface area contributed by atoms with Crippen LogP contribution in [0, 0.1) is 0 Å². The molecule has 1 unspecified atom stereocenters. The van der Waals surface area contributed by atoms with Gasteiger partial charge in [0.2, 0.25) is 0 Å². The van der Waals surface area contributed by atoms with Gasteiger partial charge >= 0.3 is 5.97 Å². The summed E-state index contributed by atoms with van der Waals surface area (Å²) in [5.74, 6) is -0.789. The first-order chi connectivity index (χ1) is 8.98. The topological polar surface area (TPSA) is 67.2 Å². The predicted molar refractivity (Wildman–Crippen MR) is 75.4 cm³/mol. The number of rotatable bonds is 9. The van der Waals surface area contributed by atoms with E-state index in [4.69, 9.17) is 11.6 Å². The molecule has 0 fully saturated rings. The molecule has 0 saturated heterocycles. The number of carboxylic acids is 1. The molecule has 1 atom stereocenters. The van der Waals surface area contributed by atoms with Crippen molar-refractivity contribution in [3.63, 3.8) is 0 Å². The average molecular weight is 288 g/mol. The van der Waals surface area contributed by atoms with E-state index in [1.165, 1.54) is 0 Å². The molecule has 0 aliphatic rings. The van der Waals surface area contributed by atoms with Crippen LogP contribution in [0.15, 0.2) is 12.4 Å². The van der Waals surface area contributed by atoms with Gasteiger partial charge in [0.1, 0.15) is 5.54 Å². The summed E-state index contributed by atoms with van der Waals surface area (Å²) in [7, 11) is 0. The molecule has 5 nitrogen and oxygen atoms in total. The Balaban J connectivity index is 2.34. The maximum Gasteiger partial charge on any atom is 0.323 e. The van der Waals surface area contributed by atoms with Gasteiger partial charge in [0.05, 0.1) is 11.2 Å². The number of hydrogen-bond acceptors (Lipinski definition) is 3. The zero-order chi connectivity index (χ0) is 14.3. The third kappa shape index (κ3) is 5.20. The largest absolute Gasteiger partial charge is 0.480 e. The Morgan fingerprint density at radius 2 is 2.32 bits per heavy atom. The van der Waals surface area contributed by atoms with E-state index in [0.717, 1.165) is 32.4 Å². The van der Waals surface area contributed by atoms with Crippen molar-refractivity contribution in [2.75, 3.05) is 6.54 Å². The van der Waals surface area contributed by atoms with Crippen LogP contribution in [0.4, 0.5) is 0 Å². The molecule has 0 amide bonds. The van der Waals surface area contributed by atoms with Gasteiger partial charge in [0, 0.05) is 12.7 Å². The molecular formula is C13H22ClN3O2. The molecule has 0 aromatic carbocycles. The summed E-state index contributed by atoms with van der Waals surface area (Å²) in [6, 6.07) is 0. The predicted octanol–water partition coefficient (Wildman–Crippen LogP) is 2.55. The molecule has 1 aromatic rings. The van der Waals surface area contributed by atoms with E-state index in [9.17, 15) is 9.90 Å². The fourth-order valence-corrected chi connectivity index (χ4v) is 2.04. The molecule has 108 valence electrons. The van der Waals surface area contributed by atoms with Gasteiger partial charge in [0.15, 0.2) is 0 Å². The lowest BCUT2D eigenvalue weighted by atomic mass is 9.94. The summed E-state index contributed by atoms with van der Waals surface area (Å²) in [4.78, 5) is 11.3. The highest BCUT2D eigenvalue weighted by molar-refractivity contribution is 6.30. The van der Waals surface area contributed by atoms with Crippen LogP contribution < -0.4 is 5.32 Å². The lowest BCUT2D eigenvalue weighted by molar-refractivity contribution is -0.144. The Morgan fingerprint density at radius 3 is 2.84 bits per heavy atom. The van der Waals surface area contributed by atoms with Gasteiger partial charge in [-0.15, -0.1) is 0 Å². The summed E-state index contributed by atoms with van der Waals surface area (Å²) in [5, 5.41) is 17.1.